The van der Waals surface area contributed by atoms with Crippen molar-refractivity contribution in [1.29, 1.82) is 0 Å². The number of hydrogen-bond acceptors (Lipinski definition) is 2. The van der Waals surface area contributed by atoms with Crippen molar-refractivity contribution in [3.05, 3.63) is 0 Å². The molecule has 1 heterocycles. The first-order valence-corrected chi connectivity index (χ1v) is 5.22. The van der Waals surface area contributed by atoms with Crippen LogP contribution in [-0.2, 0) is 0 Å². The second-order valence-corrected chi connectivity index (χ2v) is 4.50. The van der Waals surface area contributed by atoms with E-state index in [0.29, 0.717) is 5.92 Å². The minimum atomic E-state index is 0.127. The summed E-state index contributed by atoms with van der Waals surface area (Å²) in [4.78, 5) is 14.9. The molecule has 14 heavy (non-hydrogen) atoms. The molecule has 0 aromatic carbocycles. The Hall–Kier alpha value is -0.770. The van der Waals surface area contributed by atoms with E-state index in [1.807, 2.05) is 11.8 Å². The second-order valence-electron chi connectivity index (χ2n) is 4.50. The highest BCUT2D eigenvalue weighted by Crippen LogP contribution is 2.21. The monoisotopic (exact) mass is 199 g/mol. The molecular formula is C10H21N3O. The summed E-state index contributed by atoms with van der Waals surface area (Å²) in [5.41, 5.74) is 5.67. The molecule has 0 bridgehead atoms. The molecule has 4 nitrogen and oxygen atoms in total. The van der Waals surface area contributed by atoms with Crippen LogP contribution in [0.5, 0.6) is 0 Å². The predicted octanol–water partition coefficient (Wildman–Crippen LogP) is 0.727. The maximum atomic E-state index is 11.4. The fourth-order valence-electron chi connectivity index (χ4n) is 1.69. The van der Waals surface area contributed by atoms with Crippen LogP contribution in [0.4, 0.5) is 4.79 Å². The molecule has 1 unspecified atom stereocenters. The highest BCUT2D eigenvalue weighted by Gasteiger charge is 2.30. The molecule has 2 amide bonds. The van der Waals surface area contributed by atoms with Gasteiger partial charge in [0.2, 0.25) is 0 Å². The molecule has 0 spiro atoms. The average molecular weight is 199 g/mol. The lowest BCUT2D eigenvalue weighted by molar-refractivity contribution is 0.0956. The van der Waals surface area contributed by atoms with Gasteiger partial charge in [-0.05, 0) is 25.7 Å². The van der Waals surface area contributed by atoms with Gasteiger partial charge in [0.15, 0.2) is 0 Å². The lowest BCUT2D eigenvalue weighted by Gasteiger charge is -2.40. The summed E-state index contributed by atoms with van der Waals surface area (Å²) in [6.45, 7) is 3.84. The van der Waals surface area contributed by atoms with Gasteiger partial charge in [0, 0.05) is 33.2 Å². The Balaban J connectivity index is 2.14. The number of nitrogens with zero attached hydrogens (tertiary/aromatic N) is 2. The Bertz CT molecular complexity index is 198. The molecule has 1 rings (SSSR count). The van der Waals surface area contributed by atoms with Crippen LogP contribution >= 0.6 is 0 Å². The van der Waals surface area contributed by atoms with E-state index in [-0.39, 0.29) is 12.1 Å². The molecule has 1 atom stereocenters. The average Bonchev–Trinajstić information content (AvgIpc) is 2.00. The highest BCUT2D eigenvalue weighted by molar-refractivity contribution is 5.74. The van der Waals surface area contributed by atoms with Crippen LogP contribution in [0.1, 0.15) is 19.8 Å². The SMILES string of the molecule is CC(N)CCC1CN(C(=O)N(C)C)C1. The quantitative estimate of drug-likeness (QED) is 0.728. The number of likely N-dealkylation sites (tertiary alicyclic amines) is 1. The molecule has 0 saturated carbocycles. The third kappa shape index (κ3) is 2.87. The van der Waals surface area contributed by atoms with Crippen molar-refractivity contribution in [1.82, 2.24) is 9.80 Å². The van der Waals surface area contributed by atoms with Crippen molar-refractivity contribution in [2.45, 2.75) is 25.8 Å². The maximum absolute atomic E-state index is 11.4. The molecule has 0 aliphatic carbocycles. The summed E-state index contributed by atoms with van der Waals surface area (Å²) in [5, 5.41) is 0. The van der Waals surface area contributed by atoms with E-state index in [0.717, 1.165) is 25.9 Å². The largest absolute Gasteiger partial charge is 0.331 e. The molecule has 2 N–H and O–H groups in total. The van der Waals surface area contributed by atoms with Crippen LogP contribution in [0, 0.1) is 5.92 Å². The fourth-order valence-corrected chi connectivity index (χ4v) is 1.69. The number of hydrogen-bond donors (Lipinski definition) is 1. The highest BCUT2D eigenvalue weighted by atomic mass is 16.2. The van der Waals surface area contributed by atoms with Crippen LogP contribution < -0.4 is 5.73 Å². The minimum Gasteiger partial charge on any atom is -0.331 e. The number of rotatable bonds is 3. The Morgan fingerprint density at radius 2 is 2.14 bits per heavy atom. The summed E-state index contributed by atoms with van der Waals surface area (Å²) >= 11 is 0. The molecule has 4 heteroatoms. The third-order valence-electron chi connectivity index (χ3n) is 2.64. The van der Waals surface area contributed by atoms with Gasteiger partial charge in [0.05, 0.1) is 0 Å². The smallest absolute Gasteiger partial charge is 0.319 e. The van der Waals surface area contributed by atoms with Crippen molar-refractivity contribution in [3.8, 4) is 0 Å². The molecule has 1 saturated heterocycles. The Labute approximate surface area is 86.0 Å². The summed E-state index contributed by atoms with van der Waals surface area (Å²) in [7, 11) is 3.58. The molecule has 0 radical (unpaired) electrons. The number of urea groups is 1. The number of carbonyl (C=O) groups excluding carboxylic acids is 1. The first kappa shape index (κ1) is 11.3. The molecule has 82 valence electrons. The van der Waals surface area contributed by atoms with Crippen molar-refractivity contribution < 1.29 is 4.79 Å². The van der Waals surface area contributed by atoms with E-state index in [2.05, 4.69) is 0 Å². The summed E-state index contributed by atoms with van der Waals surface area (Å²) < 4.78 is 0. The van der Waals surface area contributed by atoms with Gasteiger partial charge in [-0.2, -0.15) is 0 Å². The van der Waals surface area contributed by atoms with E-state index in [4.69, 9.17) is 5.73 Å². The zero-order chi connectivity index (χ0) is 10.7. The van der Waals surface area contributed by atoms with E-state index in [1.54, 1.807) is 19.0 Å². The van der Waals surface area contributed by atoms with Crippen LogP contribution in [0.2, 0.25) is 0 Å². The van der Waals surface area contributed by atoms with Crippen molar-refractivity contribution in [3.63, 3.8) is 0 Å². The standard InChI is InChI=1S/C10H21N3O/c1-8(11)4-5-9-6-13(7-9)10(14)12(2)3/h8-9H,4-7,11H2,1-3H3. The van der Waals surface area contributed by atoms with Crippen LogP contribution in [-0.4, -0.2) is 49.1 Å². The molecule has 1 aliphatic rings. The van der Waals surface area contributed by atoms with Crippen LogP contribution in [0.15, 0.2) is 0 Å². The number of nitrogens with two attached hydrogens (primary N) is 1. The predicted molar refractivity (Wildman–Crippen MR) is 57.0 cm³/mol. The first-order chi connectivity index (χ1) is 6.50. The number of amides is 2. The van der Waals surface area contributed by atoms with E-state index in [9.17, 15) is 4.79 Å². The van der Waals surface area contributed by atoms with Gasteiger partial charge >= 0.3 is 6.03 Å². The van der Waals surface area contributed by atoms with Gasteiger partial charge in [-0.15, -0.1) is 0 Å². The second kappa shape index (κ2) is 4.64. The molecule has 1 fully saturated rings. The molecule has 0 aromatic heterocycles. The maximum Gasteiger partial charge on any atom is 0.319 e. The fraction of sp³-hybridized carbons (Fsp3) is 0.900. The zero-order valence-electron chi connectivity index (χ0n) is 9.36. The summed E-state index contributed by atoms with van der Waals surface area (Å²) in [6.07, 6.45) is 2.21. The van der Waals surface area contributed by atoms with Gasteiger partial charge in [-0.1, -0.05) is 0 Å². The van der Waals surface area contributed by atoms with Gasteiger partial charge in [0.25, 0.3) is 0 Å². The van der Waals surface area contributed by atoms with Gasteiger partial charge in [-0.3, -0.25) is 0 Å². The normalized spacial score (nSPS) is 19.0. The van der Waals surface area contributed by atoms with Crippen molar-refractivity contribution >= 4 is 6.03 Å². The van der Waals surface area contributed by atoms with E-state index >= 15 is 0 Å². The summed E-state index contributed by atoms with van der Waals surface area (Å²) in [5.74, 6) is 0.671. The van der Waals surface area contributed by atoms with E-state index in [1.165, 1.54) is 0 Å². The van der Waals surface area contributed by atoms with Crippen LogP contribution in [0.3, 0.4) is 0 Å². The molecule has 1 aliphatic heterocycles. The Morgan fingerprint density at radius 3 is 2.57 bits per heavy atom. The minimum absolute atomic E-state index is 0.127. The first-order valence-electron chi connectivity index (χ1n) is 5.22. The Morgan fingerprint density at radius 1 is 1.57 bits per heavy atom. The number of carbonyl (C=O) groups is 1. The van der Waals surface area contributed by atoms with Crippen LogP contribution in [0.25, 0.3) is 0 Å². The van der Waals surface area contributed by atoms with E-state index < -0.39 is 0 Å². The molecular weight excluding hydrogens is 178 g/mol. The van der Waals surface area contributed by atoms with Crippen molar-refractivity contribution in [2.24, 2.45) is 11.7 Å². The molecule has 0 aromatic rings. The van der Waals surface area contributed by atoms with Gasteiger partial charge in [0.1, 0.15) is 0 Å². The topological polar surface area (TPSA) is 49.6 Å². The zero-order valence-corrected chi connectivity index (χ0v) is 9.36. The van der Waals surface area contributed by atoms with Gasteiger partial charge < -0.3 is 15.5 Å². The summed E-state index contributed by atoms with van der Waals surface area (Å²) in [6, 6.07) is 0.413. The van der Waals surface area contributed by atoms with Gasteiger partial charge in [-0.25, -0.2) is 4.79 Å². The van der Waals surface area contributed by atoms with Crippen molar-refractivity contribution in [2.75, 3.05) is 27.2 Å². The lowest BCUT2D eigenvalue weighted by atomic mass is 9.93. The lowest BCUT2D eigenvalue weighted by Crippen LogP contribution is -2.53. The Kier molecular flexibility index (Phi) is 3.75. The third-order valence-corrected chi connectivity index (χ3v) is 2.64.